The highest BCUT2D eigenvalue weighted by molar-refractivity contribution is 5.82. The van der Waals surface area contributed by atoms with Crippen LogP contribution in [0.25, 0.3) is 0 Å². The van der Waals surface area contributed by atoms with Crippen molar-refractivity contribution >= 4 is 11.9 Å². The van der Waals surface area contributed by atoms with Gasteiger partial charge in [0.05, 0.1) is 18.6 Å². The van der Waals surface area contributed by atoms with E-state index in [1.165, 1.54) is 6.92 Å². The van der Waals surface area contributed by atoms with Gasteiger partial charge in [-0.3, -0.25) is 4.79 Å². The van der Waals surface area contributed by atoms with E-state index in [0.717, 1.165) is 31.2 Å². The van der Waals surface area contributed by atoms with Crippen LogP contribution in [0.3, 0.4) is 0 Å². The van der Waals surface area contributed by atoms with Gasteiger partial charge in [-0.1, -0.05) is 34.6 Å². The molecule has 10 atom stereocenters. The molecular formula is C28H38O7. The van der Waals surface area contributed by atoms with Crippen LogP contribution in [-0.2, 0) is 23.8 Å². The van der Waals surface area contributed by atoms with Crippen molar-refractivity contribution in [2.45, 2.75) is 104 Å². The van der Waals surface area contributed by atoms with E-state index in [0.29, 0.717) is 6.42 Å². The van der Waals surface area contributed by atoms with Gasteiger partial charge >= 0.3 is 11.9 Å². The summed E-state index contributed by atoms with van der Waals surface area (Å²) in [7, 11) is 0. The second-order valence-electron chi connectivity index (χ2n) is 13.2. The molecule has 0 radical (unpaired) electrons. The van der Waals surface area contributed by atoms with E-state index in [2.05, 4.69) is 34.6 Å². The molecule has 0 unspecified atom stereocenters. The first-order valence-corrected chi connectivity index (χ1v) is 13.1. The van der Waals surface area contributed by atoms with E-state index in [1.807, 2.05) is 6.07 Å². The fourth-order valence-electron chi connectivity index (χ4n) is 9.88. The zero-order chi connectivity index (χ0) is 25.2. The minimum atomic E-state index is -0.797. The van der Waals surface area contributed by atoms with E-state index in [1.54, 1.807) is 12.5 Å². The van der Waals surface area contributed by atoms with Gasteiger partial charge in [0.1, 0.15) is 17.8 Å². The van der Waals surface area contributed by atoms with Gasteiger partial charge in [0.2, 0.25) is 0 Å². The van der Waals surface area contributed by atoms with E-state index >= 15 is 0 Å². The Morgan fingerprint density at radius 1 is 1.09 bits per heavy atom. The number of hydrogen-bond acceptors (Lipinski definition) is 7. The summed E-state index contributed by atoms with van der Waals surface area (Å²) in [4.78, 5) is 25.7. The van der Waals surface area contributed by atoms with Gasteiger partial charge in [0.25, 0.3) is 0 Å². The number of furan rings is 1. The molecule has 5 aliphatic rings. The van der Waals surface area contributed by atoms with Crippen LogP contribution in [0, 0.1) is 33.5 Å². The van der Waals surface area contributed by atoms with Gasteiger partial charge < -0.3 is 23.7 Å². The van der Waals surface area contributed by atoms with Crippen LogP contribution in [0.5, 0.6) is 0 Å². The van der Waals surface area contributed by atoms with E-state index < -0.39 is 40.8 Å². The lowest BCUT2D eigenvalue weighted by Gasteiger charge is -2.70. The highest BCUT2D eigenvalue weighted by atomic mass is 16.7. The molecule has 1 spiro atoms. The summed E-state index contributed by atoms with van der Waals surface area (Å²) in [5.41, 5.74) is -1.42. The molecule has 3 aliphatic carbocycles. The quantitative estimate of drug-likeness (QED) is 0.483. The Morgan fingerprint density at radius 3 is 2.49 bits per heavy atom. The Hall–Kier alpha value is -1.86. The molecule has 6 rings (SSSR count). The summed E-state index contributed by atoms with van der Waals surface area (Å²) in [5.74, 6) is -0.319. The summed E-state index contributed by atoms with van der Waals surface area (Å²) in [6.45, 7) is 12.5. The normalized spacial score (nSPS) is 51.7. The van der Waals surface area contributed by atoms with Crippen LogP contribution >= 0.6 is 0 Å². The first-order valence-electron chi connectivity index (χ1n) is 13.1. The smallest absolute Gasteiger partial charge is 0.339 e. The number of aliphatic hydroxyl groups is 1. The Labute approximate surface area is 206 Å². The van der Waals surface area contributed by atoms with Crippen molar-refractivity contribution in [3.05, 3.63) is 24.2 Å². The Morgan fingerprint density at radius 2 is 1.83 bits per heavy atom. The van der Waals surface area contributed by atoms with Crippen molar-refractivity contribution in [2.24, 2.45) is 33.5 Å². The highest BCUT2D eigenvalue weighted by Crippen LogP contribution is 2.80. The third kappa shape index (κ3) is 2.59. The molecule has 3 saturated carbocycles. The lowest BCUT2D eigenvalue weighted by molar-refractivity contribution is -0.275. The number of rotatable bonds is 2. The fraction of sp³-hybridized carbons (Fsp3) is 0.786. The molecule has 5 fully saturated rings. The van der Waals surface area contributed by atoms with Crippen LogP contribution in [0.4, 0.5) is 0 Å². The number of carbonyl (C=O) groups is 2. The lowest BCUT2D eigenvalue weighted by atomic mass is 9.34. The average molecular weight is 487 g/mol. The number of esters is 2. The molecule has 3 heterocycles. The van der Waals surface area contributed by atoms with Crippen molar-refractivity contribution in [3.8, 4) is 0 Å². The molecule has 1 N–H and O–H groups in total. The van der Waals surface area contributed by atoms with Crippen molar-refractivity contribution in [3.63, 3.8) is 0 Å². The second-order valence-corrected chi connectivity index (χ2v) is 13.2. The number of ether oxygens (including phenoxy) is 3. The topological polar surface area (TPSA) is 98.5 Å². The average Bonchev–Trinajstić information content (AvgIpc) is 3.35. The largest absolute Gasteiger partial charge is 0.472 e. The number of carbonyl (C=O) groups excluding carboxylic acids is 2. The highest BCUT2D eigenvalue weighted by Gasteiger charge is 2.88. The van der Waals surface area contributed by atoms with Crippen LogP contribution in [0.15, 0.2) is 23.0 Å². The van der Waals surface area contributed by atoms with Crippen LogP contribution < -0.4 is 0 Å². The first kappa shape index (κ1) is 23.5. The molecule has 2 aliphatic heterocycles. The molecule has 1 aromatic rings. The monoisotopic (exact) mass is 486 g/mol. The summed E-state index contributed by atoms with van der Waals surface area (Å²) in [6.07, 6.45) is 5.33. The summed E-state index contributed by atoms with van der Waals surface area (Å²) >= 11 is 0. The minimum Gasteiger partial charge on any atom is -0.472 e. The lowest BCUT2D eigenvalue weighted by Crippen LogP contribution is -2.73. The van der Waals surface area contributed by atoms with Crippen molar-refractivity contribution in [1.82, 2.24) is 0 Å². The van der Waals surface area contributed by atoms with Crippen molar-refractivity contribution in [1.29, 1.82) is 0 Å². The van der Waals surface area contributed by atoms with Gasteiger partial charge in [-0.15, -0.1) is 0 Å². The number of epoxide rings is 1. The van der Waals surface area contributed by atoms with Crippen LogP contribution in [0.2, 0.25) is 0 Å². The van der Waals surface area contributed by atoms with Gasteiger partial charge in [0.15, 0.2) is 6.10 Å². The molecule has 7 nitrogen and oxygen atoms in total. The first-order chi connectivity index (χ1) is 16.3. The maximum Gasteiger partial charge on any atom is 0.339 e. The molecule has 2 saturated heterocycles. The molecule has 1 aromatic heterocycles. The number of aliphatic hydroxyl groups excluding tert-OH is 1. The molecule has 35 heavy (non-hydrogen) atoms. The van der Waals surface area contributed by atoms with E-state index in [4.69, 9.17) is 18.6 Å². The van der Waals surface area contributed by atoms with Crippen molar-refractivity contribution in [2.75, 3.05) is 0 Å². The molecule has 0 bridgehead atoms. The summed E-state index contributed by atoms with van der Waals surface area (Å²) in [6, 6.07) is 1.86. The number of cyclic esters (lactones) is 1. The van der Waals surface area contributed by atoms with Crippen LogP contribution in [-0.4, -0.2) is 41.0 Å². The molecule has 0 aromatic carbocycles. The van der Waals surface area contributed by atoms with E-state index in [9.17, 15) is 14.7 Å². The van der Waals surface area contributed by atoms with E-state index in [-0.39, 0.29) is 34.6 Å². The minimum absolute atomic E-state index is 0.0762. The third-order valence-corrected chi connectivity index (χ3v) is 11.5. The Balaban J connectivity index is 1.53. The standard InChI is InChI=1S/C28H38O7/c1-15(29)33-20-13-18-24(2,3)19(30)8-10-25(18,4)17-7-11-26(5)21(16-9-12-32-14-16)34-23(31)22-28(26,35-22)27(17,20)6/h9,12,14,17-22,30H,7-8,10-11,13H2,1-6H3/t17-,18-,19+,20+,21+,22-,25-,26+,27+,28-/m1/s1. The van der Waals surface area contributed by atoms with Gasteiger partial charge in [-0.05, 0) is 60.8 Å². The summed E-state index contributed by atoms with van der Waals surface area (Å²) in [5, 5.41) is 11.0. The number of hydrogen-bond donors (Lipinski definition) is 1. The van der Waals surface area contributed by atoms with Crippen LogP contribution in [0.1, 0.15) is 85.3 Å². The third-order valence-electron chi connectivity index (χ3n) is 11.5. The van der Waals surface area contributed by atoms with Gasteiger partial charge in [-0.2, -0.15) is 0 Å². The predicted molar refractivity (Wildman–Crippen MR) is 125 cm³/mol. The molecule has 192 valence electrons. The summed E-state index contributed by atoms with van der Waals surface area (Å²) < 4.78 is 24.1. The maximum absolute atomic E-state index is 13.3. The molecule has 7 heteroatoms. The zero-order valence-corrected chi connectivity index (χ0v) is 21.6. The SMILES string of the molecule is CC(=O)O[C@H]1C[C@@H]2C(C)(C)[C@@H](O)CC[C@]2(C)[C@H]2CC[C@@]3(C)[C@H](c4ccoc4)OC(=O)[C@H]4O[C@]43[C@]12C. The number of fused-ring (bicyclic) bond motifs is 3. The van der Waals surface area contributed by atoms with Crippen molar-refractivity contribution < 1.29 is 33.3 Å². The zero-order valence-electron chi connectivity index (χ0n) is 21.6. The van der Waals surface area contributed by atoms with Gasteiger partial charge in [0, 0.05) is 23.3 Å². The van der Waals surface area contributed by atoms with Gasteiger partial charge in [-0.25, -0.2) is 4.79 Å². The second kappa shape index (κ2) is 6.91. The molecular weight excluding hydrogens is 448 g/mol. The fourth-order valence-corrected chi connectivity index (χ4v) is 9.88. The molecule has 0 amide bonds. The Bertz CT molecular complexity index is 1060. The Kier molecular flexibility index (Phi) is 4.65. The predicted octanol–water partition coefficient (Wildman–Crippen LogP) is 4.58. The maximum atomic E-state index is 13.3.